The molecule has 1 saturated heterocycles. The third-order valence-corrected chi connectivity index (χ3v) is 4.59. The summed E-state index contributed by atoms with van der Waals surface area (Å²) in [5.41, 5.74) is 5.89. The Morgan fingerprint density at radius 1 is 1.44 bits per heavy atom. The summed E-state index contributed by atoms with van der Waals surface area (Å²) in [5, 5.41) is 0. The van der Waals surface area contributed by atoms with Crippen molar-refractivity contribution in [3.8, 4) is 0 Å². The summed E-state index contributed by atoms with van der Waals surface area (Å²) in [4.78, 5) is 14.7. The number of hydrogen-bond acceptors (Lipinski definition) is 3. The van der Waals surface area contributed by atoms with Crippen molar-refractivity contribution in [1.82, 2.24) is 4.90 Å². The Morgan fingerprint density at radius 3 is 2.89 bits per heavy atom. The Morgan fingerprint density at radius 2 is 2.22 bits per heavy atom. The highest BCUT2D eigenvalue weighted by molar-refractivity contribution is 5.80. The molecule has 4 nitrogen and oxygen atoms in total. The predicted molar refractivity (Wildman–Crippen MR) is 71.1 cm³/mol. The van der Waals surface area contributed by atoms with Gasteiger partial charge in [-0.1, -0.05) is 26.7 Å². The number of carbonyl (C=O) groups excluding carboxylic acids is 1. The van der Waals surface area contributed by atoms with Crippen LogP contribution in [0, 0.1) is 11.3 Å². The van der Waals surface area contributed by atoms with Crippen molar-refractivity contribution in [3.05, 3.63) is 0 Å². The van der Waals surface area contributed by atoms with E-state index in [1.807, 2.05) is 4.90 Å². The molecule has 18 heavy (non-hydrogen) atoms. The van der Waals surface area contributed by atoms with Crippen molar-refractivity contribution in [2.75, 3.05) is 26.3 Å². The van der Waals surface area contributed by atoms with Crippen molar-refractivity contribution in [3.63, 3.8) is 0 Å². The summed E-state index contributed by atoms with van der Waals surface area (Å²) >= 11 is 0. The van der Waals surface area contributed by atoms with Gasteiger partial charge in [-0.3, -0.25) is 4.79 Å². The van der Waals surface area contributed by atoms with Crippen molar-refractivity contribution < 1.29 is 9.53 Å². The molecule has 1 amide bonds. The van der Waals surface area contributed by atoms with Gasteiger partial charge in [0.15, 0.2) is 0 Å². The normalized spacial score (nSPS) is 32.3. The van der Waals surface area contributed by atoms with E-state index < -0.39 is 0 Å². The molecule has 2 atom stereocenters. The van der Waals surface area contributed by atoms with E-state index >= 15 is 0 Å². The first-order chi connectivity index (χ1) is 8.56. The molecule has 2 N–H and O–H groups in total. The van der Waals surface area contributed by atoms with E-state index in [0.717, 1.165) is 12.8 Å². The molecular formula is C14H26N2O2. The molecule has 4 heteroatoms. The number of morpholine rings is 1. The van der Waals surface area contributed by atoms with E-state index in [1.165, 1.54) is 12.8 Å². The van der Waals surface area contributed by atoms with Gasteiger partial charge < -0.3 is 15.4 Å². The third kappa shape index (κ3) is 2.69. The molecule has 1 saturated carbocycles. The van der Waals surface area contributed by atoms with Crippen molar-refractivity contribution in [1.29, 1.82) is 0 Å². The fraction of sp³-hybridized carbons (Fsp3) is 0.929. The van der Waals surface area contributed by atoms with Gasteiger partial charge in [-0.2, -0.15) is 0 Å². The lowest BCUT2D eigenvalue weighted by atomic mass is 9.68. The van der Waals surface area contributed by atoms with E-state index in [0.29, 0.717) is 32.2 Å². The van der Waals surface area contributed by atoms with Crippen molar-refractivity contribution in [2.24, 2.45) is 17.1 Å². The first-order valence-corrected chi connectivity index (χ1v) is 7.14. The van der Waals surface area contributed by atoms with Gasteiger partial charge in [-0.15, -0.1) is 0 Å². The van der Waals surface area contributed by atoms with Crippen LogP contribution in [-0.4, -0.2) is 43.2 Å². The molecule has 0 spiro atoms. The number of rotatable bonds is 2. The number of nitrogens with zero attached hydrogens (tertiary/aromatic N) is 1. The van der Waals surface area contributed by atoms with Crippen LogP contribution in [0.3, 0.4) is 0 Å². The number of amides is 1. The highest BCUT2D eigenvalue weighted by atomic mass is 16.5. The summed E-state index contributed by atoms with van der Waals surface area (Å²) in [6.07, 6.45) is 4.61. The molecular weight excluding hydrogens is 228 g/mol. The molecule has 0 aromatic rings. The largest absolute Gasteiger partial charge is 0.377 e. The Labute approximate surface area is 110 Å². The molecule has 2 rings (SSSR count). The smallest absolute Gasteiger partial charge is 0.226 e. The van der Waals surface area contributed by atoms with Crippen LogP contribution in [-0.2, 0) is 9.53 Å². The summed E-state index contributed by atoms with van der Waals surface area (Å²) in [5.74, 6) is 0.469. The highest BCUT2D eigenvalue weighted by Gasteiger charge is 2.41. The Hall–Kier alpha value is -0.610. The maximum atomic E-state index is 12.8. The van der Waals surface area contributed by atoms with Gasteiger partial charge in [0.25, 0.3) is 0 Å². The number of carbonyl (C=O) groups is 1. The standard InChI is InChI=1S/C14H26N2O2/c1-14(2)6-4-3-5-12(14)13(17)16-7-8-18-10-11(16)9-15/h11-12H,3-10,15H2,1-2H3. The van der Waals surface area contributed by atoms with Crippen LogP contribution in [0.5, 0.6) is 0 Å². The SMILES string of the molecule is CC1(C)CCCCC1C(=O)N1CCOCC1CN. The van der Waals surface area contributed by atoms with Crippen LogP contribution >= 0.6 is 0 Å². The molecule has 1 heterocycles. The van der Waals surface area contributed by atoms with E-state index in [1.54, 1.807) is 0 Å². The zero-order valence-electron chi connectivity index (χ0n) is 11.7. The second kappa shape index (κ2) is 5.57. The minimum atomic E-state index is 0.0731. The second-order valence-corrected chi connectivity index (χ2v) is 6.28. The maximum absolute atomic E-state index is 12.8. The monoisotopic (exact) mass is 254 g/mol. The number of ether oxygens (including phenoxy) is 1. The molecule has 0 aromatic carbocycles. The number of hydrogen-bond donors (Lipinski definition) is 1. The fourth-order valence-corrected chi connectivity index (χ4v) is 3.29. The average Bonchev–Trinajstić information content (AvgIpc) is 2.37. The Bertz CT molecular complexity index is 304. The molecule has 0 aromatic heterocycles. The fourth-order valence-electron chi connectivity index (χ4n) is 3.29. The quantitative estimate of drug-likeness (QED) is 0.810. The van der Waals surface area contributed by atoms with E-state index in [9.17, 15) is 4.79 Å². The Kier molecular flexibility index (Phi) is 4.28. The minimum absolute atomic E-state index is 0.0731. The van der Waals surface area contributed by atoms with Crippen LogP contribution in [0.15, 0.2) is 0 Å². The van der Waals surface area contributed by atoms with E-state index in [2.05, 4.69) is 13.8 Å². The van der Waals surface area contributed by atoms with Crippen molar-refractivity contribution in [2.45, 2.75) is 45.6 Å². The van der Waals surface area contributed by atoms with Gasteiger partial charge in [0.05, 0.1) is 19.3 Å². The average molecular weight is 254 g/mol. The van der Waals surface area contributed by atoms with E-state index in [4.69, 9.17) is 10.5 Å². The van der Waals surface area contributed by atoms with Gasteiger partial charge in [0.2, 0.25) is 5.91 Å². The molecule has 0 radical (unpaired) electrons. The second-order valence-electron chi connectivity index (χ2n) is 6.28. The van der Waals surface area contributed by atoms with E-state index in [-0.39, 0.29) is 17.4 Å². The zero-order valence-corrected chi connectivity index (χ0v) is 11.7. The summed E-state index contributed by atoms with van der Waals surface area (Å²) in [7, 11) is 0. The molecule has 0 bridgehead atoms. The van der Waals surface area contributed by atoms with Gasteiger partial charge in [-0.05, 0) is 18.3 Å². The lowest BCUT2D eigenvalue weighted by Crippen LogP contribution is -2.55. The maximum Gasteiger partial charge on any atom is 0.226 e. The van der Waals surface area contributed by atoms with Crippen LogP contribution in [0.1, 0.15) is 39.5 Å². The minimum Gasteiger partial charge on any atom is -0.377 e. The summed E-state index contributed by atoms with van der Waals surface area (Å²) < 4.78 is 5.42. The summed E-state index contributed by atoms with van der Waals surface area (Å²) in [6, 6.07) is 0.0731. The van der Waals surface area contributed by atoms with Crippen LogP contribution < -0.4 is 5.73 Å². The Balaban J connectivity index is 2.09. The van der Waals surface area contributed by atoms with Gasteiger partial charge in [0.1, 0.15) is 0 Å². The van der Waals surface area contributed by atoms with Crippen LogP contribution in [0.2, 0.25) is 0 Å². The van der Waals surface area contributed by atoms with Crippen molar-refractivity contribution >= 4 is 5.91 Å². The van der Waals surface area contributed by atoms with Gasteiger partial charge in [-0.25, -0.2) is 0 Å². The molecule has 1 aliphatic heterocycles. The molecule has 1 aliphatic carbocycles. The predicted octanol–water partition coefficient (Wildman–Crippen LogP) is 1.39. The first-order valence-electron chi connectivity index (χ1n) is 7.14. The molecule has 2 fully saturated rings. The molecule has 2 unspecified atom stereocenters. The van der Waals surface area contributed by atoms with Crippen LogP contribution in [0.25, 0.3) is 0 Å². The first kappa shape index (κ1) is 13.8. The van der Waals surface area contributed by atoms with Gasteiger partial charge >= 0.3 is 0 Å². The highest BCUT2D eigenvalue weighted by Crippen LogP contribution is 2.41. The van der Waals surface area contributed by atoms with Crippen LogP contribution in [0.4, 0.5) is 0 Å². The number of nitrogens with two attached hydrogens (primary N) is 1. The molecule has 104 valence electrons. The molecule has 2 aliphatic rings. The lowest BCUT2D eigenvalue weighted by molar-refractivity contribution is -0.149. The van der Waals surface area contributed by atoms with Gasteiger partial charge in [0, 0.05) is 19.0 Å². The topological polar surface area (TPSA) is 55.6 Å². The lowest BCUT2D eigenvalue weighted by Gasteiger charge is -2.43. The summed E-state index contributed by atoms with van der Waals surface area (Å²) in [6.45, 7) is 6.90. The zero-order chi connectivity index (χ0) is 13.2. The third-order valence-electron chi connectivity index (χ3n) is 4.59.